The Bertz CT molecular complexity index is 688. The number of fused-ring (bicyclic) bond motifs is 1. The third-order valence-corrected chi connectivity index (χ3v) is 2.98. The summed E-state index contributed by atoms with van der Waals surface area (Å²) < 4.78 is 13.5. The van der Waals surface area contributed by atoms with E-state index in [9.17, 15) is 4.39 Å². The van der Waals surface area contributed by atoms with E-state index in [0.717, 1.165) is 16.6 Å². The second kappa shape index (κ2) is 3.90. The highest BCUT2D eigenvalue weighted by Gasteiger charge is 2.06. The van der Waals surface area contributed by atoms with Crippen molar-refractivity contribution >= 4 is 22.5 Å². The first kappa shape index (κ1) is 10.4. The van der Waals surface area contributed by atoms with Crippen LogP contribution in [0.4, 0.5) is 4.39 Å². The molecule has 1 nitrogen and oxygen atoms in total. The van der Waals surface area contributed by atoms with E-state index in [4.69, 9.17) is 11.6 Å². The second-order valence-electron chi connectivity index (χ2n) is 3.90. The predicted molar refractivity (Wildman–Crippen MR) is 68.7 cm³/mol. The molecule has 0 fully saturated rings. The molecule has 0 saturated heterocycles. The van der Waals surface area contributed by atoms with Gasteiger partial charge in [-0.15, -0.1) is 0 Å². The quantitative estimate of drug-likeness (QED) is 0.644. The predicted octanol–water partition coefficient (Wildman–Crippen LogP) is 4.63. The van der Waals surface area contributed by atoms with Crippen LogP contribution in [0.3, 0.4) is 0 Å². The van der Waals surface area contributed by atoms with Crippen molar-refractivity contribution in [2.24, 2.45) is 0 Å². The lowest BCUT2D eigenvalue weighted by Gasteiger charge is -1.97. The number of hydrogen-bond donors (Lipinski definition) is 1. The van der Waals surface area contributed by atoms with Crippen molar-refractivity contribution in [1.29, 1.82) is 0 Å². The van der Waals surface area contributed by atoms with Crippen LogP contribution in [0.2, 0.25) is 5.02 Å². The third-order valence-electron chi connectivity index (χ3n) is 2.74. The molecule has 0 aliphatic heterocycles. The maximum Gasteiger partial charge on any atom is 0.147 e. The van der Waals surface area contributed by atoms with Crippen LogP contribution in [0.15, 0.2) is 48.5 Å². The molecular formula is C14H9ClFN. The zero-order valence-electron chi connectivity index (χ0n) is 8.87. The van der Waals surface area contributed by atoms with Crippen molar-refractivity contribution in [2.75, 3.05) is 0 Å². The highest BCUT2D eigenvalue weighted by molar-refractivity contribution is 6.30. The number of halogens is 2. The Hall–Kier alpha value is -1.80. The molecule has 1 aromatic heterocycles. The van der Waals surface area contributed by atoms with Crippen LogP contribution in [0.25, 0.3) is 22.2 Å². The zero-order valence-corrected chi connectivity index (χ0v) is 9.63. The second-order valence-corrected chi connectivity index (χ2v) is 4.33. The molecule has 1 heterocycles. The maximum atomic E-state index is 13.5. The van der Waals surface area contributed by atoms with Crippen molar-refractivity contribution in [3.05, 3.63) is 59.4 Å². The summed E-state index contributed by atoms with van der Waals surface area (Å²) in [6.45, 7) is 0. The first-order valence-electron chi connectivity index (χ1n) is 5.27. The van der Waals surface area contributed by atoms with Crippen molar-refractivity contribution < 1.29 is 4.39 Å². The minimum absolute atomic E-state index is 0.240. The van der Waals surface area contributed by atoms with Crippen LogP contribution in [-0.4, -0.2) is 4.98 Å². The molecule has 0 unspecified atom stereocenters. The number of aromatic amines is 1. The van der Waals surface area contributed by atoms with E-state index in [0.29, 0.717) is 10.5 Å². The van der Waals surface area contributed by atoms with Crippen LogP contribution >= 0.6 is 11.6 Å². The Morgan fingerprint density at radius 2 is 1.82 bits per heavy atom. The van der Waals surface area contributed by atoms with Gasteiger partial charge < -0.3 is 4.98 Å². The molecule has 0 saturated carbocycles. The topological polar surface area (TPSA) is 15.8 Å². The van der Waals surface area contributed by atoms with E-state index in [1.54, 1.807) is 6.07 Å². The molecule has 0 aliphatic rings. The maximum absolute atomic E-state index is 13.5. The minimum Gasteiger partial charge on any atom is -0.352 e. The van der Waals surface area contributed by atoms with Gasteiger partial charge in [-0.25, -0.2) is 4.39 Å². The first-order chi connectivity index (χ1) is 8.24. The van der Waals surface area contributed by atoms with Gasteiger partial charge in [0.1, 0.15) is 5.82 Å². The van der Waals surface area contributed by atoms with Gasteiger partial charge in [0.25, 0.3) is 0 Å². The van der Waals surface area contributed by atoms with Crippen LogP contribution < -0.4 is 0 Å². The number of para-hydroxylation sites is 1. The number of benzene rings is 2. The van der Waals surface area contributed by atoms with Gasteiger partial charge in [-0.1, -0.05) is 35.9 Å². The summed E-state index contributed by atoms with van der Waals surface area (Å²) >= 11 is 5.94. The average molecular weight is 246 g/mol. The SMILES string of the molecule is Fc1cccc2cc(-c3cccc(Cl)c3)[nH]c12. The standard InChI is InChI=1S/C14H9ClFN/c15-11-5-1-3-9(7-11)13-8-10-4-2-6-12(16)14(10)17-13/h1-8,17H. The van der Waals surface area contributed by atoms with Crippen LogP contribution in [-0.2, 0) is 0 Å². The number of rotatable bonds is 1. The molecule has 3 heteroatoms. The Balaban J connectivity index is 2.22. The van der Waals surface area contributed by atoms with Gasteiger partial charge in [0.15, 0.2) is 0 Å². The van der Waals surface area contributed by atoms with Gasteiger partial charge in [-0.3, -0.25) is 0 Å². The van der Waals surface area contributed by atoms with Gasteiger partial charge in [0.05, 0.1) is 5.52 Å². The molecule has 0 aliphatic carbocycles. The Kier molecular flexibility index (Phi) is 2.37. The summed E-state index contributed by atoms with van der Waals surface area (Å²) in [5, 5.41) is 1.53. The van der Waals surface area contributed by atoms with E-state index in [1.165, 1.54) is 6.07 Å². The lowest BCUT2D eigenvalue weighted by atomic mass is 10.1. The van der Waals surface area contributed by atoms with Gasteiger partial charge >= 0.3 is 0 Å². The van der Waals surface area contributed by atoms with Gasteiger partial charge in [-0.2, -0.15) is 0 Å². The largest absolute Gasteiger partial charge is 0.352 e. The summed E-state index contributed by atoms with van der Waals surface area (Å²) in [6, 6.07) is 14.4. The zero-order chi connectivity index (χ0) is 11.8. The molecule has 0 spiro atoms. The monoisotopic (exact) mass is 245 g/mol. The molecule has 84 valence electrons. The fraction of sp³-hybridized carbons (Fsp3) is 0. The minimum atomic E-state index is -0.240. The first-order valence-corrected chi connectivity index (χ1v) is 5.65. The average Bonchev–Trinajstić information content (AvgIpc) is 2.74. The van der Waals surface area contributed by atoms with Crippen molar-refractivity contribution in [3.63, 3.8) is 0 Å². The highest BCUT2D eigenvalue weighted by Crippen LogP contribution is 2.27. The summed E-state index contributed by atoms with van der Waals surface area (Å²) in [6.07, 6.45) is 0. The molecule has 0 amide bonds. The Morgan fingerprint density at radius 3 is 2.59 bits per heavy atom. The molecule has 1 N–H and O–H groups in total. The summed E-state index contributed by atoms with van der Waals surface area (Å²) in [7, 11) is 0. The third kappa shape index (κ3) is 1.81. The van der Waals surface area contributed by atoms with E-state index >= 15 is 0 Å². The van der Waals surface area contributed by atoms with Crippen molar-refractivity contribution in [2.45, 2.75) is 0 Å². The molecule has 0 radical (unpaired) electrons. The molecule has 17 heavy (non-hydrogen) atoms. The Morgan fingerprint density at radius 1 is 1.00 bits per heavy atom. The van der Waals surface area contributed by atoms with Gasteiger partial charge in [0.2, 0.25) is 0 Å². The highest BCUT2D eigenvalue weighted by atomic mass is 35.5. The van der Waals surface area contributed by atoms with E-state index < -0.39 is 0 Å². The fourth-order valence-corrected chi connectivity index (χ4v) is 2.12. The molecule has 0 atom stereocenters. The van der Waals surface area contributed by atoms with Crippen LogP contribution in [0.1, 0.15) is 0 Å². The molecule has 0 bridgehead atoms. The lowest BCUT2D eigenvalue weighted by molar-refractivity contribution is 0.637. The van der Waals surface area contributed by atoms with Gasteiger partial charge in [0, 0.05) is 16.1 Å². The smallest absolute Gasteiger partial charge is 0.147 e. The van der Waals surface area contributed by atoms with Crippen molar-refractivity contribution in [3.8, 4) is 11.3 Å². The summed E-state index contributed by atoms with van der Waals surface area (Å²) in [5.74, 6) is -0.240. The normalized spacial score (nSPS) is 10.9. The van der Waals surface area contributed by atoms with E-state index in [1.807, 2.05) is 36.4 Å². The lowest BCUT2D eigenvalue weighted by Crippen LogP contribution is -1.78. The van der Waals surface area contributed by atoms with Crippen LogP contribution in [0.5, 0.6) is 0 Å². The van der Waals surface area contributed by atoms with E-state index in [-0.39, 0.29) is 5.82 Å². The number of nitrogens with one attached hydrogen (secondary N) is 1. The fourth-order valence-electron chi connectivity index (χ4n) is 1.93. The number of aromatic nitrogens is 1. The summed E-state index contributed by atoms with van der Waals surface area (Å²) in [5.41, 5.74) is 2.35. The molecule has 3 rings (SSSR count). The molecular weight excluding hydrogens is 237 g/mol. The number of H-pyrrole nitrogens is 1. The Labute approximate surface area is 103 Å². The van der Waals surface area contributed by atoms with Crippen LogP contribution in [0, 0.1) is 5.82 Å². The molecule has 2 aromatic carbocycles. The van der Waals surface area contributed by atoms with Gasteiger partial charge in [-0.05, 0) is 29.8 Å². The number of hydrogen-bond acceptors (Lipinski definition) is 0. The summed E-state index contributed by atoms with van der Waals surface area (Å²) in [4.78, 5) is 3.07. The van der Waals surface area contributed by atoms with Crippen molar-refractivity contribution in [1.82, 2.24) is 4.98 Å². The van der Waals surface area contributed by atoms with E-state index in [2.05, 4.69) is 4.98 Å². The molecule has 3 aromatic rings.